The molecule has 0 aliphatic heterocycles. The van der Waals surface area contributed by atoms with Crippen molar-refractivity contribution in [2.75, 3.05) is 18.8 Å². The third-order valence-corrected chi connectivity index (χ3v) is 5.46. The van der Waals surface area contributed by atoms with Gasteiger partial charge in [-0.05, 0) is 13.0 Å². The van der Waals surface area contributed by atoms with Crippen molar-refractivity contribution < 1.29 is 13.0 Å². The first kappa shape index (κ1) is 29.1. The fourth-order valence-electron chi connectivity index (χ4n) is 3.12. The first-order valence-electron chi connectivity index (χ1n) is 10.7. The van der Waals surface area contributed by atoms with Crippen LogP contribution in [0, 0.1) is 0 Å². The van der Waals surface area contributed by atoms with Crippen LogP contribution in [0.2, 0.25) is 0 Å². The molecular formula is C20H43NNaO3S. The van der Waals surface area contributed by atoms with Gasteiger partial charge < -0.3 is 5.32 Å². The summed E-state index contributed by atoms with van der Waals surface area (Å²) >= 11 is 0. The number of hydrogen-bond donors (Lipinski definition) is 2. The molecule has 0 heterocycles. The summed E-state index contributed by atoms with van der Waals surface area (Å²) in [4.78, 5) is 0. The smallest absolute Gasteiger partial charge is 0.266 e. The molecule has 0 saturated heterocycles. The van der Waals surface area contributed by atoms with Crippen LogP contribution in [0.15, 0.2) is 0 Å². The van der Waals surface area contributed by atoms with Crippen molar-refractivity contribution in [1.29, 1.82) is 0 Å². The van der Waals surface area contributed by atoms with Crippen molar-refractivity contribution in [2.24, 2.45) is 0 Å². The molecule has 0 atom stereocenters. The Labute approximate surface area is 185 Å². The van der Waals surface area contributed by atoms with Gasteiger partial charge in [0.1, 0.15) is 0 Å². The summed E-state index contributed by atoms with van der Waals surface area (Å²) < 4.78 is 29.7. The molecule has 0 fully saturated rings. The van der Waals surface area contributed by atoms with Crippen LogP contribution in [0.1, 0.15) is 110 Å². The predicted octanol–water partition coefficient (Wildman–Crippen LogP) is 5.34. The maximum atomic E-state index is 10.5. The van der Waals surface area contributed by atoms with Crippen LogP contribution < -0.4 is 5.32 Å². The molecule has 0 aromatic rings. The number of nitrogens with one attached hydrogen (secondary N) is 1. The van der Waals surface area contributed by atoms with Gasteiger partial charge in [-0.15, -0.1) is 0 Å². The zero-order chi connectivity index (χ0) is 18.6. The molecule has 0 unspecified atom stereocenters. The molecule has 0 amide bonds. The van der Waals surface area contributed by atoms with Gasteiger partial charge in [0.15, 0.2) is 0 Å². The van der Waals surface area contributed by atoms with Crippen LogP contribution in [0.25, 0.3) is 0 Å². The summed E-state index contributed by atoms with van der Waals surface area (Å²) in [6.45, 7) is 3.46. The normalized spacial score (nSPS) is 11.5. The molecule has 153 valence electrons. The molecule has 0 aromatic heterocycles. The molecule has 0 aromatic carbocycles. The summed E-state index contributed by atoms with van der Waals surface area (Å²) in [6.07, 6.45) is 21.8. The Morgan fingerprint density at radius 2 is 0.962 bits per heavy atom. The molecule has 0 spiro atoms. The van der Waals surface area contributed by atoms with E-state index >= 15 is 0 Å². The Balaban J connectivity index is 0. The van der Waals surface area contributed by atoms with Crippen LogP contribution in [-0.2, 0) is 10.1 Å². The van der Waals surface area contributed by atoms with Gasteiger partial charge in [0.2, 0.25) is 0 Å². The van der Waals surface area contributed by atoms with E-state index in [2.05, 4.69) is 12.2 Å². The Kier molecular flexibility index (Phi) is 24.8. The molecule has 4 nitrogen and oxygen atoms in total. The largest absolute Gasteiger partial charge is 0.316 e. The Bertz CT molecular complexity index is 364. The first-order valence-corrected chi connectivity index (χ1v) is 12.3. The van der Waals surface area contributed by atoms with Gasteiger partial charge >= 0.3 is 0 Å². The summed E-state index contributed by atoms with van der Waals surface area (Å²) in [6, 6.07) is 0. The van der Waals surface area contributed by atoms with Gasteiger partial charge in [-0.25, -0.2) is 0 Å². The number of rotatable bonds is 20. The van der Waals surface area contributed by atoms with Gasteiger partial charge in [-0.3, -0.25) is 4.55 Å². The topological polar surface area (TPSA) is 66.4 Å². The molecule has 6 heteroatoms. The van der Waals surface area contributed by atoms with E-state index in [1.54, 1.807) is 0 Å². The predicted molar refractivity (Wildman–Crippen MR) is 115 cm³/mol. The second-order valence-corrected chi connectivity index (χ2v) is 8.91. The zero-order valence-electron chi connectivity index (χ0n) is 17.6. The maximum Gasteiger partial charge on any atom is 0.266 e. The van der Waals surface area contributed by atoms with E-state index in [1.165, 1.54) is 96.3 Å². The van der Waals surface area contributed by atoms with E-state index in [0.717, 1.165) is 13.0 Å². The van der Waals surface area contributed by atoms with Gasteiger partial charge in [0.05, 0.1) is 5.75 Å². The second-order valence-electron chi connectivity index (χ2n) is 7.34. The standard InChI is InChI=1S/C20H43NO3S.Na/c1-2-3-4-5-6-7-8-9-10-11-12-13-14-15-16-17-18-21-19-20-25(22,23)24;/h21H,2-20H2,1H3,(H,22,23,24);. The summed E-state index contributed by atoms with van der Waals surface area (Å²) in [7, 11) is -3.81. The van der Waals surface area contributed by atoms with Crippen LogP contribution in [-0.4, -0.2) is 61.4 Å². The van der Waals surface area contributed by atoms with Crippen molar-refractivity contribution in [2.45, 2.75) is 110 Å². The SMILES string of the molecule is CCCCCCCCCCCCCCCCCCNCCS(=O)(=O)O.[Na]. The van der Waals surface area contributed by atoms with E-state index in [-0.39, 0.29) is 35.3 Å². The monoisotopic (exact) mass is 400 g/mol. The maximum absolute atomic E-state index is 10.5. The van der Waals surface area contributed by atoms with Gasteiger partial charge in [0.25, 0.3) is 10.1 Å². The first-order chi connectivity index (χ1) is 12.1. The average molecular weight is 401 g/mol. The van der Waals surface area contributed by atoms with Crippen LogP contribution in [0.5, 0.6) is 0 Å². The summed E-state index contributed by atoms with van der Waals surface area (Å²) in [5, 5.41) is 3.05. The molecule has 2 N–H and O–H groups in total. The Morgan fingerprint density at radius 1 is 0.615 bits per heavy atom. The van der Waals surface area contributed by atoms with E-state index < -0.39 is 10.1 Å². The molecule has 0 aliphatic carbocycles. The van der Waals surface area contributed by atoms with Gasteiger partial charge in [-0.2, -0.15) is 8.42 Å². The number of unbranched alkanes of at least 4 members (excludes halogenated alkanes) is 15. The minimum Gasteiger partial charge on any atom is -0.316 e. The minimum absolute atomic E-state index is 0. The Morgan fingerprint density at radius 3 is 1.31 bits per heavy atom. The Hall–Kier alpha value is 0.870. The van der Waals surface area contributed by atoms with Crippen LogP contribution in [0.3, 0.4) is 0 Å². The van der Waals surface area contributed by atoms with E-state index in [1.807, 2.05) is 0 Å². The molecular weight excluding hydrogens is 357 g/mol. The van der Waals surface area contributed by atoms with Crippen molar-refractivity contribution in [3.8, 4) is 0 Å². The fourth-order valence-corrected chi connectivity index (χ4v) is 3.53. The van der Waals surface area contributed by atoms with E-state index in [4.69, 9.17) is 4.55 Å². The van der Waals surface area contributed by atoms with Gasteiger partial charge in [-0.1, -0.05) is 103 Å². The van der Waals surface area contributed by atoms with Crippen molar-refractivity contribution >= 4 is 39.7 Å². The van der Waals surface area contributed by atoms with Gasteiger partial charge in [0, 0.05) is 36.1 Å². The second kappa shape index (κ2) is 22.2. The summed E-state index contributed by atoms with van der Waals surface area (Å²) in [5.74, 6) is -0.189. The van der Waals surface area contributed by atoms with Crippen LogP contribution >= 0.6 is 0 Å². The van der Waals surface area contributed by atoms with Crippen LogP contribution in [0.4, 0.5) is 0 Å². The van der Waals surface area contributed by atoms with Crippen molar-refractivity contribution in [1.82, 2.24) is 5.32 Å². The van der Waals surface area contributed by atoms with E-state index in [9.17, 15) is 8.42 Å². The molecule has 26 heavy (non-hydrogen) atoms. The third kappa shape index (κ3) is 27.1. The summed E-state index contributed by atoms with van der Waals surface area (Å²) in [5.41, 5.74) is 0. The zero-order valence-corrected chi connectivity index (χ0v) is 20.4. The molecule has 0 bridgehead atoms. The molecule has 0 saturated carbocycles. The molecule has 1 radical (unpaired) electrons. The van der Waals surface area contributed by atoms with Crippen molar-refractivity contribution in [3.63, 3.8) is 0 Å². The number of hydrogen-bond acceptors (Lipinski definition) is 3. The van der Waals surface area contributed by atoms with Crippen molar-refractivity contribution in [3.05, 3.63) is 0 Å². The fraction of sp³-hybridized carbons (Fsp3) is 1.00. The van der Waals surface area contributed by atoms with E-state index in [0.29, 0.717) is 6.54 Å². The minimum atomic E-state index is -3.81. The molecule has 0 aliphatic rings. The third-order valence-electron chi connectivity index (χ3n) is 4.74. The quantitative estimate of drug-likeness (QED) is 0.164. The average Bonchev–Trinajstić information content (AvgIpc) is 2.56. The molecule has 0 rings (SSSR count).